The number of carboxylic acid groups (broad SMARTS) is 1. The Morgan fingerprint density at radius 1 is 0.783 bits per heavy atom. The molecule has 2 unspecified atom stereocenters. The number of aromatic nitrogens is 1. The Bertz CT molecular complexity index is 4030. The molecule has 38 heteroatoms. The number of benzene rings is 2. The van der Waals surface area contributed by atoms with E-state index in [-0.39, 0.29) is 115 Å². The number of alkyl carbamates (subject to hydrolysis) is 1. The van der Waals surface area contributed by atoms with E-state index in [1.165, 1.54) is 25.8 Å². The predicted molar refractivity (Wildman–Crippen MR) is 420 cm³/mol. The smallest absolute Gasteiger partial charge is 0.407 e. The van der Waals surface area contributed by atoms with Crippen molar-refractivity contribution < 1.29 is 111 Å². The molecule has 14 atom stereocenters. The number of carbonyl (C=O) groups is 16. The molecule has 1 aromatic heterocycles. The second-order valence-electron chi connectivity index (χ2n) is 29.9. The Morgan fingerprint density at radius 2 is 1.48 bits per heavy atom. The summed E-state index contributed by atoms with van der Waals surface area (Å²) in [6.45, 7) is 6.95. The molecule has 1 saturated heterocycles. The van der Waals surface area contributed by atoms with Gasteiger partial charge in [-0.1, -0.05) is 72.9 Å². The summed E-state index contributed by atoms with van der Waals surface area (Å²) in [5.41, 5.74) is 12.6. The molecule has 6 rings (SSSR count). The number of urea groups is 1. The topological polar surface area (TPSA) is 569 Å². The van der Waals surface area contributed by atoms with Crippen molar-refractivity contribution in [3.63, 3.8) is 0 Å². The van der Waals surface area contributed by atoms with E-state index in [4.69, 9.17) is 26.0 Å². The zero-order chi connectivity index (χ0) is 84.9. The van der Waals surface area contributed by atoms with Crippen LogP contribution in [0.1, 0.15) is 155 Å². The van der Waals surface area contributed by atoms with Gasteiger partial charge in [-0.3, -0.25) is 71.3 Å². The monoisotopic (exact) mass is 1650 g/mol. The summed E-state index contributed by atoms with van der Waals surface area (Å²) >= 11 is 1.29. The van der Waals surface area contributed by atoms with Crippen LogP contribution in [0.25, 0.3) is 10.9 Å². The number of aromatic amines is 1. The second kappa shape index (κ2) is 46.0. The van der Waals surface area contributed by atoms with Gasteiger partial charge in [-0.2, -0.15) is 11.8 Å². The van der Waals surface area contributed by atoms with Crippen LogP contribution in [0, 0.1) is 41.4 Å². The number of aliphatic carboxylic acids is 1. The maximum Gasteiger partial charge on any atom is 0.407 e. The van der Waals surface area contributed by atoms with Gasteiger partial charge in [0, 0.05) is 116 Å². The van der Waals surface area contributed by atoms with E-state index in [0.717, 1.165) is 4.90 Å². The molecular formula is C77H111N13O23S2. The average Bonchev–Trinajstić information content (AvgIpc) is 1.62. The maximum absolute atomic E-state index is 15.5. The molecule has 634 valence electrons. The van der Waals surface area contributed by atoms with Crippen molar-refractivity contribution in [3.8, 4) is 5.75 Å². The van der Waals surface area contributed by atoms with Crippen LogP contribution in [0.3, 0.4) is 0 Å². The summed E-state index contributed by atoms with van der Waals surface area (Å²) in [6, 6.07) is 0.675. The zero-order valence-electron chi connectivity index (χ0n) is 65.9. The third-order valence-electron chi connectivity index (χ3n) is 20.8. The van der Waals surface area contributed by atoms with Crippen LogP contribution in [0.5, 0.6) is 5.75 Å². The molecule has 0 radical (unpaired) electrons. The van der Waals surface area contributed by atoms with Gasteiger partial charge in [0.15, 0.2) is 17.3 Å². The molecule has 36 nitrogen and oxygen atoms in total. The summed E-state index contributed by atoms with van der Waals surface area (Å²) in [5.74, 6) is -17.5. The number of H-pyrrole nitrogens is 1. The molecule has 0 spiro atoms. The number of unbranched alkanes of at least 4 members (excludes halogenated alkanes) is 3. The van der Waals surface area contributed by atoms with Crippen LogP contribution in [-0.2, 0) is 101 Å². The number of primary amides is 2. The fraction of sp³-hybridized carbons (Fsp3) is 0.610. The number of Topliss-reactive ketones (excluding diaryl/α,β-unsaturated/α-hetero) is 4. The minimum atomic E-state index is -2.49. The van der Waals surface area contributed by atoms with Gasteiger partial charge in [0.25, 0.3) is 0 Å². The number of nitrogens with two attached hydrogens (primary N) is 2. The van der Waals surface area contributed by atoms with Crippen molar-refractivity contribution >= 4 is 134 Å². The highest BCUT2D eigenvalue weighted by atomic mass is 32.2. The van der Waals surface area contributed by atoms with Crippen molar-refractivity contribution in [2.75, 3.05) is 63.3 Å². The molecule has 3 aliphatic rings. The fourth-order valence-corrected chi connectivity index (χ4v) is 16.2. The van der Waals surface area contributed by atoms with Crippen LogP contribution in [-0.4, -0.2) is 229 Å². The highest BCUT2D eigenvalue weighted by Gasteiger charge is 2.46. The van der Waals surface area contributed by atoms with Gasteiger partial charge >= 0.3 is 18.1 Å². The molecule has 0 saturated carbocycles. The predicted octanol–water partition coefficient (Wildman–Crippen LogP) is 0.847. The van der Waals surface area contributed by atoms with Crippen LogP contribution in [0.15, 0.2) is 41.4 Å². The molecule has 4 heterocycles. The number of hydrogen-bond acceptors (Lipinski definition) is 23. The first-order chi connectivity index (χ1) is 54.5. The van der Waals surface area contributed by atoms with E-state index in [1.54, 1.807) is 71.0 Å². The number of rotatable bonds is 36. The summed E-state index contributed by atoms with van der Waals surface area (Å²) in [7, 11) is -1.11. The summed E-state index contributed by atoms with van der Waals surface area (Å²) < 4.78 is 26.8. The average molecular weight is 1650 g/mol. The first-order valence-corrected chi connectivity index (χ1v) is 41.1. The number of aliphatic hydroxyl groups is 3. The quantitative estimate of drug-likeness (QED) is 0.0359. The van der Waals surface area contributed by atoms with Crippen LogP contribution in [0.2, 0.25) is 0 Å². The fourth-order valence-electron chi connectivity index (χ4n) is 13.9. The number of amides is 12. The third-order valence-corrected chi connectivity index (χ3v) is 23.2. The molecular weight excluding hydrogens is 1540 g/mol. The van der Waals surface area contributed by atoms with Crippen molar-refractivity contribution in [1.29, 1.82) is 0 Å². The highest BCUT2D eigenvalue weighted by Crippen LogP contribution is 2.38. The van der Waals surface area contributed by atoms with Crippen molar-refractivity contribution in [2.24, 2.45) is 52.9 Å². The lowest BCUT2D eigenvalue weighted by atomic mass is 9.85. The van der Waals surface area contributed by atoms with Gasteiger partial charge in [0.2, 0.25) is 53.2 Å². The molecule has 3 aromatic rings. The number of ketones is 4. The van der Waals surface area contributed by atoms with Crippen molar-refractivity contribution in [3.05, 3.63) is 53.1 Å². The van der Waals surface area contributed by atoms with Gasteiger partial charge in [0.1, 0.15) is 41.3 Å². The van der Waals surface area contributed by atoms with Crippen LogP contribution in [0.4, 0.5) is 15.3 Å². The Labute approximate surface area is 672 Å². The van der Waals surface area contributed by atoms with E-state index in [1.807, 2.05) is 0 Å². The normalized spacial score (nSPS) is 21.7. The van der Waals surface area contributed by atoms with E-state index in [2.05, 4.69) is 52.8 Å². The SMILES string of the molecule is CC[C@H](C)[C@@H]1CC(=O)CNC(=O)[C@H]2CC(=O)[C@H]([C@@H](C)[C@@H](O)CO)NC(=O)[C@@H]3C[C@@H](O)CN3C(=O)[C@H](CC(N)=O)NC(=O)[C@H](CS(=O)c3[nH]c4c(CSCCNC(=O)OCc5ccc(NC(=O)[C@H](CCCNC(N)=O)CC(=O)[C@@H](NC(=O)CCCCCCC(=O)C(C)CC(=O)O)C(C)C)cc5)c(OC)ccc4c3C2)NC(=O)CNC1=O. The minimum absolute atomic E-state index is 0.0439. The lowest BCUT2D eigenvalue weighted by molar-refractivity contribution is -0.144. The van der Waals surface area contributed by atoms with Gasteiger partial charge in [-0.15, -0.1) is 0 Å². The number of carboxylic acids is 1. The first kappa shape index (κ1) is 93.9. The minimum Gasteiger partial charge on any atom is -0.496 e. The molecule has 2 bridgehead atoms. The van der Waals surface area contributed by atoms with Gasteiger partial charge in [0.05, 0.1) is 86.0 Å². The van der Waals surface area contributed by atoms with Gasteiger partial charge < -0.3 is 99.1 Å². The summed E-state index contributed by atoms with van der Waals surface area (Å²) in [6.07, 6.45) is -3.89. The Hall–Kier alpha value is -9.92. The number of ether oxygens (including phenoxy) is 2. The van der Waals surface area contributed by atoms with E-state index >= 15 is 9.00 Å². The van der Waals surface area contributed by atoms with Gasteiger partial charge in [-0.25, -0.2) is 9.59 Å². The Kier molecular flexibility index (Phi) is 37.6. The lowest BCUT2D eigenvalue weighted by Gasteiger charge is -2.32. The van der Waals surface area contributed by atoms with Gasteiger partial charge in [-0.05, 0) is 79.3 Å². The summed E-state index contributed by atoms with van der Waals surface area (Å²) in [4.78, 5) is 221. The van der Waals surface area contributed by atoms with Crippen molar-refractivity contribution in [2.45, 2.75) is 204 Å². The van der Waals surface area contributed by atoms with E-state index in [0.29, 0.717) is 54.3 Å². The lowest BCUT2D eigenvalue weighted by Crippen LogP contribution is -2.60. The number of hydrogen-bond donors (Lipinski definition) is 16. The summed E-state index contributed by atoms with van der Waals surface area (Å²) in [5, 5.41) is 64.7. The van der Waals surface area contributed by atoms with Crippen LogP contribution >= 0.6 is 11.8 Å². The number of carbonyl (C=O) groups excluding carboxylic acids is 15. The molecule has 18 N–H and O–H groups in total. The molecule has 2 aromatic carbocycles. The largest absolute Gasteiger partial charge is 0.496 e. The molecule has 1 fully saturated rings. The number of methoxy groups -OCH3 is 1. The third kappa shape index (κ3) is 28.8. The molecule has 3 aliphatic heterocycles. The number of thioether (sulfide) groups is 1. The highest BCUT2D eigenvalue weighted by molar-refractivity contribution is 7.98. The number of nitrogens with zero attached hydrogens (tertiary/aromatic N) is 1. The standard InChI is InChI=1S/C77H111N13O23S2/c1-8-41(4)51-30-48(92)33-82-69(103)46-27-52-50-21-22-61(112-7)53(68(50)89-74(52)115(111)39-55(85-64(100)34-83-71(51)105)72(106)86-54(32-62(78)98)75(108)90-35-49(93)31-56(90)73(107)88-67(59(96)29-46)43(6)60(97)36-91)38-114-25-24-81-77(110)113-37-44-17-19-47(20-18-44)84-70(104)45(14-13-23-80-76(79)109)28-58(95)66(40(2)3)87-63(99)16-12-10-9-11-15-57(94)42(5)26-65(101)102/h17-22,40-43,45-46,49,51,54-56,60,66-67,89,91,93,97H,8-16,23-39H2,1-7H3,(H2,78,98)(H,81,110)(H,82,103)(H,83,105)(H,84,104)(H,85,100)(H,86,106)(H,87,99)(H,88,107)(H,101,102)(H3,79,80,109)/t41-,42?,43-,45+,46+,49+,51-,54-,55-,56-,60-,66-,67-,115?/m0/s1. The Morgan fingerprint density at radius 3 is 2.13 bits per heavy atom. The first-order valence-electron chi connectivity index (χ1n) is 38.7. The number of fused-ring (bicyclic) bond motifs is 5. The number of aliphatic hydroxyl groups excluding tert-OH is 3. The van der Waals surface area contributed by atoms with Crippen molar-refractivity contribution in [1.82, 2.24) is 52.4 Å². The number of nitrogens with one attached hydrogen (secondary N) is 10. The van der Waals surface area contributed by atoms with E-state index < -0.39 is 230 Å². The van der Waals surface area contributed by atoms with Crippen LogP contribution < -0.4 is 64.1 Å². The Balaban J connectivity index is 1.21. The molecule has 12 amide bonds. The number of anilines is 1. The van der Waals surface area contributed by atoms with E-state index in [9.17, 15) is 87.2 Å². The zero-order valence-corrected chi connectivity index (χ0v) is 67.5. The molecule has 0 aliphatic carbocycles. The molecule has 115 heavy (non-hydrogen) atoms. The second-order valence-corrected chi connectivity index (χ2v) is 32.4. The maximum atomic E-state index is 15.5.